The van der Waals surface area contributed by atoms with Gasteiger partial charge in [-0.1, -0.05) is 41.9 Å². The van der Waals surface area contributed by atoms with Gasteiger partial charge in [-0.2, -0.15) is 0 Å². The Labute approximate surface area is 191 Å². The lowest BCUT2D eigenvalue weighted by molar-refractivity contribution is -0.384. The lowest BCUT2D eigenvalue weighted by Crippen LogP contribution is -2.38. The van der Waals surface area contributed by atoms with Crippen LogP contribution in [0, 0.1) is 10.1 Å². The summed E-state index contributed by atoms with van der Waals surface area (Å²) in [6.45, 7) is -0.685. The van der Waals surface area contributed by atoms with Gasteiger partial charge in [0.1, 0.15) is 12.2 Å². The molecule has 0 radical (unpaired) electrons. The fourth-order valence-corrected chi connectivity index (χ4v) is 4.64. The Morgan fingerprint density at radius 3 is 2.35 bits per heavy atom. The van der Waals surface area contributed by atoms with E-state index in [1.54, 1.807) is 18.2 Å². The van der Waals surface area contributed by atoms with E-state index in [-0.39, 0.29) is 10.6 Å². The van der Waals surface area contributed by atoms with Crippen LogP contribution in [0.4, 0.5) is 17.1 Å². The molecule has 0 aliphatic heterocycles. The van der Waals surface area contributed by atoms with Gasteiger partial charge in [-0.15, -0.1) is 0 Å². The van der Waals surface area contributed by atoms with Crippen LogP contribution in [-0.2, 0) is 14.8 Å². The van der Waals surface area contributed by atoms with E-state index in [0.717, 1.165) is 4.31 Å². The molecule has 3 aromatic rings. The topological polar surface area (TPSA) is 110 Å². The zero-order valence-corrected chi connectivity index (χ0v) is 18.9. The lowest BCUT2D eigenvalue weighted by atomic mass is 10.2. The quantitative estimate of drug-likeness (QED) is 0.351. The zero-order valence-electron chi connectivity index (χ0n) is 15.7. The Hall–Kier alpha value is -2.95. The molecule has 1 N–H and O–H groups in total. The molecule has 0 unspecified atom stereocenters. The third-order valence-corrected chi connectivity index (χ3v) is 7.18. The van der Waals surface area contributed by atoms with Crippen molar-refractivity contribution in [2.75, 3.05) is 16.2 Å². The molecule has 0 aliphatic carbocycles. The third kappa shape index (κ3) is 5.22. The van der Waals surface area contributed by atoms with Crippen molar-refractivity contribution in [3.8, 4) is 0 Å². The minimum atomic E-state index is -4.28. The minimum absolute atomic E-state index is 0.104. The molecule has 0 saturated carbocycles. The van der Waals surface area contributed by atoms with Gasteiger partial charge >= 0.3 is 0 Å². The Kier molecular flexibility index (Phi) is 6.94. The summed E-state index contributed by atoms with van der Waals surface area (Å²) >= 11 is 9.27. The first-order valence-electron chi connectivity index (χ1n) is 8.76. The highest BCUT2D eigenvalue weighted by molar-refractivity contribution is 9.10. The number of nitrogens with zero attached hydrogens (tertiary/aromatic N) is 2. The van der Waals surface area contributed by atoms with Gasteiger partial charge in [0, 0.05) is 16.2 Å². The van der Waals surface area contributed by atoms with Crippen molar-refractivity contribution < 1.29 is 18.1 Å². The molecule has 3 aromatic carbocycles. The Bertz CT molecular complexity index is 1240. The summed E-state index contributed by atoms with van der Waals surface area (Å²) in [5, 5.41) is 14.4. The summed E-state index contributed by atoms with van der Waals surface area (Å²) in [4.78, 5) is 23.4. The number of hydrogen-bond acceptors (Lipinski definition) is 5. The highest BCUT2D eigenvalue weighted by Crippen LogP contribution is 2.32. The molecule has 0 bridgehead atoms. The van der Waals surface area contributed by atoms with E-state index in [0.29, 0.717) is 15.2 Å². The maximum Gasteiger partial charge on any atom is 0.293 e. The number of amides is 1. The molecule has 11 heteroatoms. The number of para-hydroxylation sites is 2. The second kappa shape index (κ2) is 9.46. The number of rotatable bonds is 7. The van der Waals surface area contributed by atoms with Gasteiger partial charge in [0.2, 0.25) is 5.91 Å². The van der Waals surface area contributed by atoms with Crippen molar-refractivity contribution in [1.29, 1.82) is 0 Å². The van der Waals surface area contributed by atoms with Crippen LogP contribution in [-0.4, -0.2) is 25.8 Å². The molecular formula is C20H15BrClN3O5S. The molecule has 31 heavy (non-hydrogen) atoms. The van der Waals surface area contributed by atoms with E-state index in [1.807, 2.05) is 0 Å². The monoisotopic (exact) mass is 523 g/mol. The van der Waals surface area contributed by atoms with E-state index in [1.165, 1.54) is 54.6 Å². The Morgan fingerprint density at radius 2 is 1.71 bits per heavy atom. The zero-order chi connectivity index (χ0) is 22.6. The summed E-state index contributed by atoms with van der Waals surface area (Å²) in [7, 11) is -4.28. The first-order valence-corrected chi connectivity index (χ1v) is 11.4. The van der Waals surface area contributed by atoms with Crippen LogP contribution in [0.2, 0.25) is 5.02 Å². The first-order chi connectivity index (χ1) is 14.7. The van der Waals surface area contributed by atoms with Crippen LogP contribution < -0.4 is 9.62 Å². The summed E-state index contributed by atoms with van der Waals surface area (Å²) < 4.78 is 27.9. The number of sulfonamides is 1. The van der Waals surface area contributed by atoms with E-state index >= 15 is 0 Å². The van der Waals surface area contributed by atoms with Gasteiger partial charge in [-0.25, -0.2) is 12.7 Å². The van der Waals surface area contributed by atoms with Crippen molar-refractivity contribution >= 4 is 60.5 Å². The average molecular weight is 525 g/mol. The van der Waals surface area contributed by atoms with Crippen LogP contribution in [0.3, 0.4) is 0 Å². The highest BCUT2D eigenvalue weighted by atomic mass is 79.9. The Morgan fingerprint density at radius 1 is 1.06 bits per heavy atom. The summed E-state index contributed by atoms with van der Waals surface area (Å²) in [6, 6.07) is 17.4. The molecule has 1 amide bonds. The van der Waals surface area contributed by atoms with E-state index in [4.69, 9.17) is 11.6 Å². The number of hydrogen-bond donors (Lipinski definition) is 1. The maximum absolute atomic E-state index is 13.3. The highest BCUT2D eigenvalue weighted by Gasteiger charge is 2.31. The van der Waals surface area contributed by atoms with Gasteiger partial charge in [0.25, 0.3) is 15.7 Å². The lowest BCUT2D eigenvalue weighted by Gasteiger charge is -2.23. The number of benzene rings is 3. The molecule has 0 heterocycles. The summed E-state index contributed by atoms with van der Waals surface area (Å²) in [5.74, 6) is -0.698. The largest absolute Gasteiger partial charge is 0.324 e. The number of carbonyl (C=O) groups is 1. The van der Waals surface area contributed by atoms with E-state index in [9.17, 15) is 23.3 Å². The van der Waals surface area contributed by atoms with Crippen LogP contribution in [0.15, 0.2) is 82.2 Å². The Balaban J connectivity index is 2.01. The van der Waals surface area contributed by atoms with Crippen molar-refractivity contribution in [3.05, 3.63) is 92.4 Å². The molecular weight excluding hydrogens is 510 g/mol. The fraction of sp³-hybridized carbons (Fsp3) is 0.0500. The van der Waals surface area contributed by atoms with Gasteiger partial charge in [-0.05, 0) is 52.3 Å². The molecule has 8 nitrogen and oxygen atoms in total. The predicted octanol–water partition coefficient (Wildman–Crippen LogP) is 4.84. The normalized spacial score (nSPS) is 11.0. The number of anilines is 2. The summed E-state index contributed by atoms with van der Waals surface area (Å²) in [6.07, 6.45) is 0. The predicted molar refractivity (Wildman–Crippen MR) is 122 cm³/mol. The minimum Gasteiger partial charge on any atom is -0.324 e. The second-order valence-electron chi connectivity index (χ2n) is 6.25. The smallest absolute Gasteiger partial charge is 0.293 e. The van der Waals surface area contributed by atoms with E-state index < -0.39 is 33.1 Å². The van der Waals surface area contributed by atoms with Gasteiger partial charge in [0.15, 0.2) is 0 Å². The maximum atomic E-state index is 13.3. The van der Waals surface area contributed by atoms with Crippen LogP contribution in [0.1, 0.15) is 0 Å². The fourth-order valence-electron chi connectivity index (χ4n) is 2.75. The number of nitro benzene ring substituents is 1. The molecule has 0 aliphatic rings. The van der Waals surface area contributed by atoms with Crippen molar-refractivity contribution in [2.24, 2.45) is 0 Å². The van der Waals surface area contributed by atoms with Crippen molar-refractivity contribution in [1.82, 2.24) is 0 Å². The second-order valence-corrected chi connectivity index (χ2v) is 9.37. The number of carbonyl (C=O) groups excluding carboxylic acids is 1. The molecule has 0 fully saturated rings. The SMILES string of the molecule is O=C(CN(c1ccccc1[N+](=O)[O-])S(=O)(=O)c1ccccc1)Nc1ccc(Br)c(Cl)c1. The molecule has 0 spiro atoms. The molecule has 0 atom stereocenters. The van der Waals surface area contributed by atoms with Crippen LogP contribution in [0.25, 0.3) is 0 Å². The van der Waals surface area contributed by atoms with Crippen molar-refractivity contribution in [2.45, 2.75) is 4.90 Å². The molecule has 3 rings (SSSR count). The molecule has 160 valence electrons. The number of nitro groups is 1. The first kappa shape index (κ1) is 22.7. The van der Waals surface area contributed by atoms with Gasteiger partial charge in [0.05, 0.1) is 14.8 Å². The molecule has 0 aromatic heterocycles. The van der Waals surface area contributed by atoms with E-state index in [2.05, 4.69) is 21.2 Å². The number of nitrogens with one attached hydrogen (secondary N) is 1. The number of halogens is 2. The molecule has 0 saturated heterocycles. The summed E-state index contributed by atoms with van der Waals surface area (Å²) in [5.41, 5.74) is -0.320. The average Bonchev–Trinajstić information content (AvgIpc) is 2.75. The van der Waals surface area contributed by atoms with Gasteiger partial charge in [-0.3, -0.25) is 14.9 Å². The van der Waals surface area contributed by atoms with Crippen LogP contribution >= 0.6 is 27.5 Å². The van der Waals surface area contributed by atoms with Gasteiger partial charge < -0.3 is 5.32 Å². The third-order valence-electron chi connectivity index (χ3n) is 4.17. The van der Waals surface area contributed by atoms with Crippen molar-refractivity contribution in [3.63, 3.8) is 0 Å². The standard InChI is InChI=1S/C20H15BrClN3O5S/c21-16-11-10-14(12-17(16)22)23-20(26)13-24(18-8-4-5-9-19(18)25(27)28)31(29,30)15-6-2-1-3-7-15/h1-12H,13H2,(H,23,26). The van der Waals surface area contributed by atoms with Crippen LogP contribution in [0.5, 0.6) is 0 Å².